The average Bonchev–Trinajstić information content (AvgIpc) is 3.36. The minimum absolute atomic E-state index is 0.0995. The lowest BCUT2D eigenvalue weighted by atomic mass is 9.96. The van der Waals surface area contributed by atoms with Crippen LogP contribution in [-0.2, 0) is 6.54 Å². The number of anilines is 1. The summed E-state index contributed by atoms with van der Waals surface area (Å²) in [5, 5.41) is 4.71. The molecule has 2 atom stereocenters. The molecule has 1 fully saturated rings. The van der Waals surface area contributed by atoms with Gasteiger partial charge in [-0.1, -0.05) is 48.0 Å². The first kappa shape index (κ1) is 23.4. The molecule has 178 valence electrons. The number of nitrogens with zero attached hydrogens (tertiary/aromatic N) is 3. The predicted molar refractivity (Wildman–Crippen MR) is 145 cm³/mol. The molecule has 5 nitrogen and oxygen atoms in total. The Bertz CT molecular complexity index is 1360. The third kappa shape index (κ3) is 4.40. The van der Waals surface area contributed by atoms with Crippen LogP contribution in [0.1, 0.15) is 40.3 Å². The molecule has 1 saturated heterocycles. The van der Waals surface area contributed by atoms with Crippen molar-refractivity contribution in [3.05, 3.63) is 112 Å². The van der Waals surface area contributed by atoms with Crippen LogP contribution in [0.5, 0.6) is 5.75 Å². The van der Waals surface area contributed by atoms with Crippen molar-refractivity contribution < 1.29 is 4.74 Å². The summed E-state index contributed by atoms with van der Waals surface area (Å²) in [6.07, 6.45) is 1.82. The number of nitrogens with one attached hydrogen (secondary N) is 1. The first-order valence-corrected chi connectivity index (χ1v) is 12.3. The van der Waals surface area contributed by atoms with Gasteiger partial charge in [0.1, 0.15) is 5.75 Å². The molecule has 1 aliphatic heterocycles. The molecular formula is C28H27ClN4OS. The predicted octanol–water partition coefficient (Wildman–Crippen LogP) is 6.39. The average molecular weight is 503 g/mol. The Balaban J connectivity index is 1.62. The number of halogens is 1. The highest BCUT2D eigenvalue weighted by Gasteiger charge is 2.42. The van der Waals surface area contributed by atoms with E-state index in [1.165, 1.54) is 22.5 Å². The van der Waals surface area contributed by atoms with Gasteiger partial charge < -0.3 is 19.5 Å². The first-order chi connectivity index (χ1) is 17.0. The van der Waals surface area contributed by atoms with Crippen molar-refractivity contribution in [2.45, 2.75) is 32.5 Å². The molecule has 1 aliphatic rings. The topological polar surface area (TPSA) is 42.3 Å². The molecule has 2 aromatic carbocycles. The zero-order valence-corrected chi connectivity index (χ0v) is 21.5. The van der Waals surface area contributed by atoms with E-state index < -0.39 is 0 Å². The van der Waals surface area contributed by atoms with Crippen LogP contribution in [0.4, 0.5) is 5.69 Å². The molecule has 7 heteroatoms. The summed E-state index contributed by atoms with van der Waals surface area (Å²) in [4.78, 5) is 6.82. The van der Waals surface area contributed by atoms with Crippen molar-refractivity contribution in [3.63, 3.8) is 0 Å². The van der Waals surface area contributed by atoms with Gasteiger partial charge in [0.2, 0.25) is 0 Å². The molecule has 5 rings (SSSR count). The number of pyridine rings is 1. The fraction of sp³-hybridized carbons (Fsp3) is 0.214. The van der Waals surface area contributed by atoms with Gasteiger partial charge in [0.05, 0.1) is 29.9 Å². The second-order valence-corrected chi connectivity index (χ2v) is 9.51. The van der Waals surface area contributed by atoms with Crippen molar-refractivity contribution in [1.82, 2.24) is 14.9 Å². The molecule has 35 heavy (non-hydrogen) atoms. The Morgan fingerprint density at radius 1 is 1.03 bits per heavy atom. The summed E-state index contributed by atoms with van der Waals surface area (Å²) in [7, 11) is 1.62. The largest absolute Gasteiger partial charge is 0.495 e. The summed E-state index contributed by atoms with van der Waals surface area (Å²) >= 11 is 12.4. The smallest absolute Gasteiger partial charge is 0.174 e. The Labute approximate surface area is 216 Å². The van der Waals surface area contributed by atoms with Crippen LogP contribution < -0.4 is 15.0 Å². The van der Waals surface area contributed by atoms with E-state index in [9.17, 15) is 0 Å². The number of benzene rings is 2. The first-order valence-electron chi connectivity index (χ1n) is 11.5. The number of ether oxygens (including phenoxy) is 1. The van der Waals surface area contributed by atoms with Gasteiger partial charge in [0.25, 0.3) is 0 Å². The summed E-state index contributed by atoms with van der Waals surface area (Å²) in [6, 6.07) is 24.3. The molecule has 0 spiro atoms. The highest BCUT2D eigenvalue weighted by Crippen LogP contribution is 2.44. The zero-order valence-electron chi connectivity index (χ0n) is 19.9. The van der Waals surface area contributed by atoms with Crippen LogP contribution in [0.2, 0.25) is 5.02 Å². The normalized spacial score (nSPS) is 17.5. The summed E-state index contributed by atoms with van der Waals surface area (Å²) in [6.45, 7) is 5.15. The number of rotatable bonds is 6. The molecule has 2 aromatic heterocycles. The van der Waals surface area contributed by atoms with Gasteiger partial charge in [-0.15, -0.1) is 0 Å². The van der Waals surface area contributed by atoms with Gasteiger partial charge in [-0.25, -0.2) is 0 Å². The van der Waals surface area contributed by atoms with Gasteiger partial charge in [-0.2, -0.15) is 0 Å². The summed E-state index contributed by atoms with van der Waals surface area (Å²) < 4.78 is 7.74. The minimum Gasteiger partial charge on any atom is -0.495 e. The van der Waals surface area contributed by atoms with E-state index >= 15 is 0 Å². The SMILES string of the molecule is COc1ccc(N2C(=S)N[C@H](c3ccccn3)[C@H]2c2cc(C)n(Cc3ccccc3)c2C)cc1Cl. The van der Waals surface area contributed by atoms with E-state index in [2.05, 4.69) is 63.9 Å². The van der Waals surface area contributed by atoms with E-state index in [1.54, 1.807) is 7.11 Å². The van der Waals surface area contributed by atoms with Crippen molar-refractivity contribution in [1.29, 1.82) is 0 Å². The number of thiocarbonyl (C=S) groups is 1. The Kier molecular flexibility index (Phi) is 6.50. The van der Waals surface area contributed by atoms with Crippen LogP contribution in [0.15, 0.2) is 79.0 Å². The quantitative estimate of drug-likeness (QED) is 0.309. The number of aromatic nitrogens is 2. The highest BCUT2D eigenvalue weighted by molar-refractivity contribution is 7.80. The molecule has 4 aromatic rings. The van der Waals surface area contributed by atoms with Crippen molar-refractivity contribution in [2.24, 2.45) is 0 Å². The standard InChI is InChI=1S/C28H27ClN4OS/c1-18-15-22(19(2)32(18)17-20-9-5-4-6-10-20)27-26(24-11-7-8-14-30-24)31-28(35)33(27)21-12-13-25(34-3)23(29)16-21/h4-16,26-27H,17H2,1-3H3,(H,31,35)/t26-,27-/m1/s1. The fourth-order valence-electron chi connectivity index (χ4n) is 4.89. The van der Waals surface area contributed by atoms with Crippen molar-refractivity contribution in [2.75, 3.05) is 12.0 Å². The lowest BCUT2D eigenvalue weighted by Crippen LogP contribution is -2.29. The van der Waals surface area contributed by atoms with E-state index in [0.717, 1.165) is 17.9 Å². The van der Waals surface area contributed by atoms with Crippen LogP contribution in [-0.4, -0.2) is 21.8 Å². The molecule has 0 saturated carbocycles. The van der Waals surface area contributed by atoms with Crippen LogP contribution in [0, 0.1) is 13.8 Å². The number of hydrogen-bond donors (Lipinski definition) is 1. The lowest BCUT2D eigenvalue weighted by molar-refractivity contribution is 0.415. The van der Waals surface area contributed by atoms with Crippen LogP contribution in [0.25, 0.3) is 0 Å². The second kappa shape index (κ2) is 9.72. The molecular weight excluding hydrogens is 476 g/mol. The highest BCUT2D eigenvalue weighted by atomic mass is 35.5. The minimum atomic E-state index is -0.116. The van der Waals surface area contributed by atoms with E-state index in [1.807, 2.05) is 48.7 Å². The molecule has 0 aliphatic carbocycles. The van der Waals surface area contributed by atoms with Crippen LogP contribution >= 0.6 is 23.8 Å². The third-order valence-corrected chi connectivity index (χ3v) is 7.24. The van der Waals surface area contributed by atoms with Gasteiger partial charge >= 0.3 is 0 Å². The van der Waals surface area contributed by atoms with Gasteiger partial charge in [-0.05, 0) is 73.6 Å². The Morgan fingerprint density at radius 3 is 2.49 bits per heavy atom. The summed E-state index contributed by atoms with van der Waals surface area (Å²) in [5.41, 5.74) is 6.72. The van der Waals surface area contributed by atoms with Crippen molar-refractivity contribution in [3.8, 4) is 5.75 Å². The fourth-order valence-corrected chi connectivity index (χ4v) is 5.49. The van der Waals surface area contributed by atoms with Crippen LogP contribution in [0.3, 0.4) is 0 Å². The molecule has 0 unspecified atom stereocenters. The lowest BCUT2D eigenvalue weighted by Gasteiger charge is -2.28. The molecule has 0 bridgehead atoms. The van der Waals surface area contributed by atoms with Gasteiger partial charge in [0, 0.05) is 29.8 Å². The molecule has 0 radical (unpaired) electrons. The number of hydrogen-bond acceptors (Lipinski definition) is 3. The monoisotopic (exact) mass is 502 g/mol. The van der Waals surface area contributed by atoms with Gasteiger partial charge in [0.15, 0.2) is 5.11 Å². The maximum Gasteiger partial charge on any atom is 0.174 e. The third-order valence-electron chi connectivity index (χ3n) is 6.63. The molecule has 0 amide bonds. The number of aryl methyl sites for hydroxylation is 1. The van der Waals surface area contributed by atoms with E-state index in [0.29, 0.717) is 15.9 Å². The molecule has 1 N–H and O–H groups in total. The van der Waals surface area contributed by atoms with E-state index in [4.69, 9.17) is 28.6 Å². The maximum absolute atomic E-state index is 6.52. The second-order valence-electron chi connectivity index (χ2n) is 8.71. The molecule has 3 heterocycles. The Hall–Kier alpha value is -3.35. The van der Waals surface area contributed by atoms with E-state index in [-0.39, 0.29) is 12.1 Å². The Morgan fingerprint density at radius 2 is 1.80 bits per heavy atom. The van der Waals surface area contributed by atoms with Gasteiger partial charge in [-0.3, -0.25) is 4.98 Å². The summed E-state index contributed by atoms with van der Waals surface area (Å²) in [5.74, 6) is 0.632. The maximum atomic E-state index is 6.52. The van der Waals surface area contributed by atoms with Crippen molar-refractivity contribution >= 4 is 34.6 Å². The zero-order chi connectivity index (χ0) is 24.5. The number of methoxy groups -OCH3 is 1.